The van der Waals surface area contributed by atoms with Gasteiger partial charge in [0.1, 0.15) is 17.6 Å². The largest absolute Gasteiger partial charge is 0.497 e. The Kier molecular flexibility index (Phi) is 4.99. The molecule has 2 rings (SSSR count). The van der Waals surface area contributed by atoms with Crippen LogP contribution < -0.4 is 4.74 Å². The first-order valence-electron chi connectivity index (χ1n) is 7.37. The van der Waals surface area contributed by atoms with Crippen LogP contribution in [-0.2, 0) is 14.3 Å². The molecule has 0 N–H and O–H groups in total. The van der Waals surface area contributed by atoms with E-state index < -0.39 is 0 Å². The summed E-state index contributed by atoms with van der Waals surface area (Å²) in [7, 11) is 1.61. The van der Waals surface area contributed by atoms with Crippen molar-refractivity contribution in [1.29, 1.82) is 0 Å². The molecular formula is C17H22O4. The van der Waals surface area contributed by atoms with Crippen molar-refractivity contribution in [2.24, 2.45) is 11.8 Å². The maximum atomic E-state index is 12.3. The summed E-state index contributed by atoms with van der Waals surface area (Å²) in [6, 6.07) is 7.51. The summed E-state index contributed by atoms with van der Waals surface area (Å²) in [6.45, 7) is 3.80. The van der Waals surface area contributed by atoms with Crippen LogP contribution in [0, 0.1) is 11.8 Å². The van der Waals surface area contributed by atoms with Gasteiger partial charge in [0.2, 0.25) is 0 Å². The third kappa shape index (κ3) is 3.84. The van der Waals surface area contributed by atoms with Crippen molar-refractivity contribution in [2.75, 3.05) is 7.11 Å². The average Bonchev–Trinajstić information content (AvgIpc) is 2.47. The van der Waals surface area contributed by atoms with Gasteiger partial charge in [-0.25, -0.2) is 0 Å². The van der Waals surface area contributed by atoms with Crippen molar-refractivity contribution in [3.05, 3.63) is 29.8 Å². The number of hydrogen-bond acceptors (Lipinski definition) is 4. The summed E-state index contributed by atoms with van der Waals surface area (Å²) in [5, 5.41) is 0. The van der Waals surface area contributed by atoms with Gasteiger partial charge in [-0.2, -0.15) is 0 Å². The Morgan fingerprint density at radius 1 is 1.38 bits per heavy atom. The number of Topliss-reactive ketones (excluding diaryl/α,β-unsaturated/α-hetero) is 1. The molecule has 1 aliphatic carbocycles. The maximum absolute atomic E-state index is 12.3. The fraction of sp³-hybridized carbons (Fsp3) is 0.529. The average molecular weight is 290 g/mol. The van der Waals surface area contributed by atoms with Crippen LogP contribution in [-0.4, -0.2) is 18.9 Å². The molecule has 0 aliphatic heterocycles. The molecule has 0 bridgehead atoms. The molecule has 4 nitrogen and oxygen atoms in total. The highest BCUT2D eigenvalue weighted by molar-refractivity contribution is 5.83. The van der Waals surface area contributed by atoms with Crippen molar-refractivity contribution in [2.45, 2.75) is 39.2 Å². The molecule has 1 fully saturated rings. The smallest absolute Gasteiger partial charge is 0.309 e. The standard InChI is InChI=1S/C17H22O4/c1-11-9-14(18)7-8-16(11)17(19)21-12(2)13-5-4-6-15(10-13)20-3/h4-6,10-12,16H,7-9H2,1-3H3/t11-,12-,16-/m0/s1. The van der Waals surface area contributed by atoms with Gasteiger partial charge in [0.25, 0.3) is 0 Å². The normalized spacial score (nSPS) is 23.5. The molecule has 3 atom stereocenters. The summed E-state index contributed by atoms with van der Waals surface area (Å²) in [5.41, 5.74) is 0.905. The Balaban J connectivity index is 1.99. The van der Waals surface area contributed by atoms with E-state index in [0.29, 0.717) is 19.3 Å². The minimum Gasteiger partial charge on any atom is -0.497 e. The van der Waals surface area contributed by atoms with Crippen molar-refractivity contribution in [3.8, 4) is 5.75 Å². The van der Waals surface area contributed by atoms with Gasteiger partial charge in [0.05, 0.1) is 13.0 Å². The van der Waals surface area contributed by atoms with Gasteiger partial charge in [0.15, 0.2) is 0 Å². The van der Waals surface area contributed by atoms with E-state index in [1.807, 2.05) is 38.1 Å². The van der Waals surface area contributed by atoms with Crippen LogP contribution >= 0.6 is 0 Å². The number of ether oxygens (including phenoxy) is 2. The molecule has 1 aromatic rings. The SMILES string of the molecule is COc1cccc([C@H](C)OC(=O)[C@H]2CCC(=O)C[C@@H]2C)c1. The van der Waals surface area contributed by atoms with Crippen LogP contribution in [0.4, 0.5) is 0 Å². The highest BCUT2D eigenvalue weighted by atomic mass is 16.5. The first kappa shape index (κ1) is 15.5. The van der Waals surface area contributed by atoms with Crippen molar-refractivity contribution in [3.63, 3.8) is 0 Å². The van der Waals surface area contributed by atoms with Crippen LogP contribution in [0.3, 0.4) is 0 Å². The fourth-order valence-electron chi connectivity index (χ4n) is 2.78. The minimum absolute atomic E-state index is 0.0660. The molecule has 0 radical (unpaired) electrons. The van der Waals surface area contributed by atoms with Crippen LogP contribution in [0.2, 0.25) is 0 Å². The molecule has 0 spiro atoms. The van der Waals surface area contributed by atoms with E-state index in [2.05, 4.69) is 0 Å². The molecule has 0 aromatic heterocycles. The van der Waals surface area contributed by atoms with E-state index >= 15 is 0 Å². The minimum atomic E-state index is -0.322. The van der Waals surface area contributed by atoms with E-state index in [0.717, 1.165) is 11.3 Å². The third-order valence-electron chi connectivity index (χ3n) is 4.13. The lowest BCUT2D eigenvalue weighted by Gasteiger charge is -2.27. The third-order valence-corrected chi connectivity index (χ3v) is 4.13. The zero-order valence-corrected chi connectivity index (χ0v) is 12.8. The fourth-order valence-corrected chi connectivity index (χ4v) is 2.78. The predicted molar refractivity (Wildman–Crippen MR) is 79.0 cm³/mol. The van der Waals surface area contributed by atoms with Gasteiger partial charge >= 0.3 is 5.97 Å². The second-order valence-corrected chi connectivity index (χ2v) is 5.72. The monoisotopic (exact) mass is 290 g/mol. The molecule has 0 saturated heterocycles. The Morgan fingerprint density at radius 2 is 2.14 bits per heavy atom. The first-order chi connectivity index (χ1) is 10.0. The Morgan fingerprint density at radius 3 is 2.81 bits per heavy atom. The zero-order valence-electron chi connectivity index (χ0n) is 12.8. The summed E-state index contributed by atoms with van der Waals surface area (Å²) in [6.07, 6.45) is 1.24. The summed E-state index contributed by atoms with van der Waals surface area (Å²) >= 11 is 0. The topological polar surface area (TPSA) is 52.6 Å². The highest BCUT2D eigenvalue weighted by Gasteiger charge is 2.33. The van der Waals surface area contributed by atoms with Gasteiger partial charge in [-0.1, -0.05) is 19.1 Å². The quantitative estimate of drug-likeness (QED) is 0.798. The van der Waals surface area contributed by atoms with Crippen molar-refractivity contribution in [1.82, 2.24) is 0 Å². The van der Waals surface area contributed by atoms with E-state index in [4.69, 9.17) is 9.47 Å². The summed E-state index contributed by atoms with van der Waals surface area (Å²) < 4.78 is 10.8. The van der Waals surface area contributed by atoms with E-state index in [1.165, 1.54) is 0 Å². The van der Waals surface area contributed by atoms with Gasteiger partial charge in [-0.3, -0.25) is 9.59 Å². The number of rotatable bonds is 4. The van der Waals surface area contributed by atoms with Crippen molar-refractivity contribution < 1.29 is 19.1 Å². The van der Waals surface area contributed by atoms with E-state index in [9.17, 15) is 9.59 Å². The number of ketones is 1. The number of carbonyl (C=O) groups is 2. The molecule has 0 heterocycles. The number of esters is 1. The maximum Gasteiger partial charge on any atom is 0.309 e. The molecule has 1 aromatic carbocycles. The zero-order chi connectivity index (χ0) is 15.4. The Bertz CT molecular complexity index is 523. The van der Waals surface area contributed by atoms with E-state index in [-0.39, 0.29) is 29.7 Å². The molecule has 0 amide bonds. The van der Waals surface area contributed by atoms with Crippen LogP contribution in [0.15, 0.2) is 24.3 Å². The lowest BCUT2D eigenvalue weighted by atomic mass is 9.80. The number of hydrogen-bond donors (Lipinski definition) is 0. The van der Waals surface area contributed by atoms with E-state index in [1.54, 1.807) is 7.11 Å². The van der Waals surface area contributed by atoms with Gasteiger partial charge < -0.3 is 9.47 Å². The Hall–Kier alpha value is -1.84. The van der Waals surface area contributed by atoms with Crippen molar-refractivity contribution >= 4 is 11.8 Å². The second kappa shape index (κ2) is 6.74. The number of benzene rings is 1. The number of methoxy groups -OCH3 is 1. The molecular weight excluding hydrogens is 268 g/mol. The molecule has 4 heteroatoms. The van der Waals surface area contributed by atoms with Gasteiger partial charge in [0, 0.05) is 12.8 Å². The Labute approximate surface area is 125 Å². The summed E-state index contributed by atoms with van der Waals surface area (Å²) in [5.74, 6) is 0.678. The van der Waals surface area contributed by atoms with Crippen LogP contribution in [0.5, 0.6) is 5.75 Å². The second-order valence-electron chi connectivity index (χ2n) is 5.72. The lowest BCUT2D eigenvalue weighted by Crippen LogP contribution is -2.31. The molecule has 1 saturated carbocycles. The molecule has 0 unspecified atom stereocenters. The summed E-state index contributed by atoms with van der Waals surface area (Å²) in [4.78, 5) is 23.7. The molecule has 1 aliphatic rings. The lowest BCUT2D eigenvalue weighted by molar-refractivity contribution is -0.157. The first-order valence-corrected chi connectivity index (χ1v) is 7.37. The highest BCUT2D eigenvalue weighted by Crippen LogP contribution is 2.31. The van der Waals surface area contributed by atoms with Gasteiger partial charge in [-0.15, -0.1) is 0 Å². The predicted octanol–water partition coefficient (Wildman–Crippen LogP) is 3.30. The molecule has 114 valence electrons. The molecule has 21 heavy (non-hydrogen) atoms. The van der Waals surface area contributed by atoms with Gasteiger partial charge in [-0.05, 0) is 37.0 Å². The van der Waals surface area contributed by atoms with Crippen LogP contribution in [0.1, 0.15) is 44.8 Å². The van der Waals surface area contributed by atoms with Crippen LogP contribution in [0.25, 0.3) is 0 Å². The number of carbonyl (C=O) groups excluding carboxylic acids is 2.